The lowest BCUT2D eigenvalue weighted by Gasteiger charge is -2.31. The van der Waals surface area contributed by atoms with Crippen molar-refractivity contribution in [3.8, 4) is 0 Å². The Balaban J connectivity index is 1.93. The van der Waals surface area contributed by atoms with Gasteiger partial charge in [0, 0.05) is 32.4 Å². The zero-order chi connectivity index (χ0) is 14.9. The maximum absolute atomic E-state index is 9.61. The van der Waals surface area contributed by atoms with Crippen molar-refractivity contribution in [2.24, 2.45) is 0 Å². The first-order chi connectivity index (χ1) is 10.3. The summed E-state index contributed by atoms with van der Waals surface area (Å²) >= 11 is 0. The molecule has 1 fully saturated rings. The molecule has 21 heavy (non-hydrogen) atoms. The number of aliphatic hydroxyl groups is 1. The molecule has 1 atom stereocenters. The van der Waals surface area contributed by atoms with Gasteiger partial charge in [-0.2, -0.15) is 0 Å². The fourth-order valence-electron chi connectivity index (χ4n) is 2.92. The molecule has 0 aliphatic carbocycles. The number of methoxy groups -OCH3 is 1. The van der Waals surface area contributed by atoms with Crippen LogP contribution in [0, 0.1) is 0 Å². The summed E-state index contributed by atoms with van der Waals surface area (Å²) in [5.41, 5.74) is 2.52. The van der Waals surface area contributed by atoms with Gasteiger partial charge in [-0.3, -0.25) is 0 Å². The van der Waals surface area contributed by atoms with E-state index in [2.05, 4.69) is 34.5 Å². The molecule has 1 heterocycles. The highest BCUT2D eigenvalue weighted by Gasteiger charge is 2.20. The van der Waals surface area contributed by atoms with Gasteiger partial charge in [-0.1, -0.05) is 25.0 Å². The highest BCUT2D eigenvalue weighted by atomic mass is 16.5. The molecule has 4 nitrogen and oxygen atoms in total. The van der Waals surface area contributed by atoms with Gasteiger partial charge in [-0.15, -0.1) is 0 Å². The number of ether oxygens (including phenoxy) is 1. The normalized spacial score (nSPS) is 19.5. The van der Waals surface area contributed by atoms with Crippen LogP contribution >= 0.6 is 0 Å². The lowest BCUT2D eigenvalue weighted by molar-refractivity contribution is 0.199. The van der Waals surface area contributed by atoms with Crippen LogP contribution in [0.2, 0.25) is 0 Å². The average Bonchev–Trinajstić information content (AvgIpc) is 2.77. The van der Waals surface area contributed by atoms with Crippen LogP contribution in [-0.2, 0) is 11.3 Å². The fourth-order valence-corrected chi connectivity index (χ4v) is 2.92. The average molecular weight is 292 g/mol. The third-order valence-corrected chi connectivity index (χ3v) is 4.17. The third kappa shape index (κ3) is 4.99. The van der Waals surface area contributed by atoms with Crippen molar-refractivity contribution >= 4 is 5.69 Å². The van der Waals surface area contributed by atoms with Gasteiger partial charge in [0.2, 0.25) is 0 Å². The Morgan fingerprint density at radius 3 is 2.76 bits per heavy atom. The predicted molar refractivity (Wildman–Crippen MR) is 86.7 cm³/mol. The van der Waals surface area contributed by atoms with Crippen molar-refractivity contribution < 1.29 is 9.84 Å². The molecule has 0 radical (unpaired) electrons. The minimum Gasteiger partial charge on any atom is -0.394 e. The van der Waals surface area contributed by atoms with Crippen LogP contribution in [0.15, 0.2) is 24.3 Å². The van der Waals surface area contributed by atoms with Crippen molar-refractivity contribution in [2.45, 2.75) is 38.3 Å². The molecule has 1 aliphatic heterocycles. The maximum atomic E-state index is 9.61. The Bertz CT molecular complexity index is 394. The van der Waals surface area contributed by atoms with Gasteiger partial charge in [0.1, 0.15) is 0 Å². The van der Waals surface area contributed by atoms with Crippen LogP contribution in [0.25, 0.3) is 0 Å². The fraction of sp³-hybridized carbons (Fsp3) is 0.647. The molecule has 1 aliphatic rings. The van der Waals surface area contributed by atoms with Crippen molar-refractivity contribution in [1.29, 1.82) is 0 Å². The molecular formula is C17H28N2O2. The van der Waals surface area contributed by atoms with Gasteiger partial charge in [-0.05, 0) is 30.5 Å². The summed E-state index contributed by atoms with van der Waals surface area (Å²) in [5, 5.41) is 13.0. The van der Waals surface area contributed by atoms with Crippen molar-refractivity contribution in [3.05, 3.63) is 29.8 Å². The first-order valence-corrected chi connectivity index (χ1v) is 8.01. The van der Waals surface area contributed by atoms with E-state index < -0.39 is 0 Å². The largest absolute Gasteiger partial charge is 0.394 e. The second-order valence-electron chi connectivity index (χ2n) is 5.72. The summed E-state index contributed by atoms with van der Waals surface area (Å²) in [6, 6.07) is 8.99. The number of rotatable bonds is 7. The van der Waals surface area contributed by atoms with Crippen LogP contribution in [0.5, 0.6) is 0 Å². The lowest BCUT2D eigenvalue weighted by Crippen LogP contribution is -2.37. The molecule has 0 amide bonds. The molecule has 118 valence electrons. The number of benzene rings is 1. The van der Waals surface area contributed by atoms with E-state index in [0.717, 1.165) is 32.7 Å². The standard InChI is InChI=1S/C17H28N2O2/c1-21-12-10-18-13-15-6-8-16(9-7-15)19-11-4-2-3-5-17(19)14-20/h6-9,17-18,20H,2-5,10-14H2,1H3. The van der Waals surface area contributed by atoms with Gasteiger partial charge >= 0.3 is 0 Å². The Morgan fingerprint density at radius 1 is 1.24 bits per heavy atom. The first kappa shape index (κ1) is 16.3. The maximum Gasteiger partial charge on any atom is 0.0635 e. The van der Waals surface area contributed by atoms with E-state index >= 15 is 0 Å². The topological polar surface area (TPSA) is 44.7 Å². The summed E-state index contributed by atoms with van der Waals surface area (Å²) < 4.78 is 5.02. The second-order valence-corrected chi connectivity index (χ2v) is 5.72. The van der Waals surface area contributed by atoms with E-state index in [-0.39, 0.29) is 12.6 Å². The van der Waals surface area contributed by atoms with E-state index in [1.807, 2.05) is 0 Å². The molecule has 2 N–H and O–H groups in total. The van der Waals surface area contributed by atoms with Crippen LogP contribution in [0.1, 0.15) is 31.2 Å². The smallest absolute Gasteiger partial charge is 0.0635 e. The minimum atomic E-state index is 0.250. The van der Waals surface area contributed by atoms with Crippen molar-refractivity contribution in [2.75, 3.05) is 38.3 Å². The summed E-state index contributed by atoms with van der Waals surface area (Å²) in [7, 11) is 1.72. The number of nitrogens with one attached hydrogen (secondary N) is 1. The number of aliphatic hydroxyl groups excluding tert-OH is 1. The van der Waals surface area contributed by atoms with E-state index in [1.54, 1.807) is 7.11 Å². The van der Waals surface area contributed by atoms with E-state index in [1.165, 1.54) is 30.5 Å². The molecule has 4 heteroatoms. The van der Waals surface area contributed by atoms with Crippen molar-refractivity contribution in [3.63, 3.8) is 0 Å². The number of nitrogens with zero attached hydrogens (tertiary/aromatic N) is 1. The molecular weight excluding hydrogens is 264 g/mol. The van der Waals surface area contributed by atoms with Gasteiger partial charge < -0.3 is 20.1 Å². The molecule has 1 unspecified atom stereocenters. The van der Waals surface area contributed by atoms with Gasteiger partial charge in [-0.25, -0.2) is 0 Å². The van der Waals surface area contributed by atoms with Gasteiger partial charge in [0.15, 0.2) is 0 Å². The summed E-state index contributed by atoms with van der Waals surface area (Å²) in [5.74, 6) is 0. The number of hydrogen-bond donors (Lipinski definition) is 2. The van der Waals surface area contributed by atoms with Gasteiger partial charge in [0.05, 0.1) is 19.3 Å². The van der Waals surface area contributed by atoms with Crippen LogP contribution in [0.4, 0.5) is 5.69 Å². The highest BCUT2D eigenvalue weighted by molar-refractivity contribution is 5.48. The Hall–Kier alpha value is -1.10. The molecule has 0 bridgehead atoms. The molecule has 0 saturated carbocycles. The van der Waals surface area contributed by atoms with Crippen LogP contribution < -0.4 is 10.2 Å². The summed E-state index contributed by atoms with van der Waals surface area (Å²) in [6.07, 6.45) is 4.81. The van der Waals surface area contributed by atoms with Crippen LogP contribution in [0.3, 0.4) is 0 Å². The number of anilines is 1. The Kier molecular flexibility index (Phi) is 7.00. The zero-order valence-electron chi connectivity index (χ0n) is 13.1. The predicted octanol–water partition coefficient (Wildman–Crippen LogP) is 2.16. The molecule has 0 spiro atoms. The highest BCUT2D eigenvalue weighted by Crippen LogP contribution is 2.24. The second kappa shape index (κ2) is 9.03. The molecule has 2 rings (SSSR count). The SMILES string of the molecule is COCCNCc1ccc(N2CCCCCC2CO)cc1. The third-order valence-electron chi connectivity index (χ3n) is 4.17. The Morgan fingerprint density at radius 2 is 2.05 bits per heavy atom. The summed E-state index contributed by atoms with van der Waals surface area (Å²) in [6.45, 7) is 3.78. The molecule has 1 aromatic rings. The van der Waals surface area contributed by atoms with Crippen LogP contribution in [-0.4, -0.2) is 44.6 Å². The van der Waals surface area contributed by atoms with Gasteiger partial charge in [0.25, 0.3) is 0 Å². The van der Waals surface area contributed by atoms with E-state index in [4.69, 9.17) is 4.74 Å². The summed E-state index contributed by atoms with van der Waals surface area (Å²) in [4.78, 5) is 2.37. The van der Waals surface area contributed by atoms with E-state index in [9.17, 15) is 5.11 Å². The first-order valence-electron chi connectivity index (χ1n) is 8.01. The van der Waals surface area contributed by atoms with E-state index in [0.29, 0.717) is 0 Å². The molecule has 1 saturated heterocycles. The lowest BCUT2D eigenvalue weighted by atomic mass is 10.1. The zero-order valence-corrected chi connectivity index (χ0v) is 13.1. The Labute approximate surface area is 128 Å². The number of hydrogen-bond acceptors (Lipinski definition) is 4. The molecule has 0 aromatic heterocycles. The molecule has 1 aromatic carbocycles. The van der Waals surface area contributed by atoms with Crippen molar-refractivity contribution in [1.82, 2.24) is 5.32 Å². The minimum absolute atomic E-state index is 0.250. The quantitative estimate of drug-likeness (QED) is 0.756. The monoisotopic (exact) mass is 292 g/mol.